The van der Waals surface area contributed by atoms with Crippen LogP contribution in [0, 0.1) is 5.92 Å². The maximum Gasteiger partial charge on any atom is 0.328 e. The van der Waals surface area contributed by atoms with Crippen LogP contribution in [0.3, 0.4) is 0 Å². The second kappa shape index (κ2) is 6.06. The summed E-state index contributed by atoms with van der Waals surface area (Å²) in [5.41, 5.74) is 0. The quantitative estimate of drug-likeness (QED) is 0.353. The predicted molar refractivity (Wildman–Crippen MR) is 56.3 cm³/mol. The molecule has 8 nitrogen and oxygen atoms in total. The van der Waals surface area contributed by atoms with Crippen LogP contribution < -0.4 is 10.6 Å². The lowest BCUT2D eigenvalue weighted by Crippen LogP contribution is -2.56. The topological polar surface area (TPSA) is 106 Å². The fraction of sp³-hybridized carbons (Fsp3) is 0.556. The van der Waals surface area contributed by atoms with Crippen LogP contribution in [-0.4, -0.2) is 51.1 Å². The third-order valence-electron chi connectivity index (χ3n) is 2.07. The van der Waals surface area contributed by atoms with Gasteiger partial charge in [0.2, 0.25) is 11.8 Å². The van der Waals surface area contributed by atoms with E-state index in [0.29, 0.717) is 0 Å². The van der Waals surface area contributed by atoms with Crippen molar-refractivity contribution in [1.29, 1.82) is 0 Å². The molecule has 1 saturated heterocycles. The van der Waals surface area contributed by atoms with E-state index >= 15 is 0 Å². The normalized spacial score (nSPS) is 17.7. The number of imide groups is 2. The zero-order chi connectivity index (χ0) is 12.8. The smallest absolute Gasteiger partial charge is 0.328 e. The number of barbiturate groups is 1. The van der Waals surface area contributed by atoms with Crippen LogP contribution in [0.15, 0.2) is 4.99 Å². The molecule has 1 rings (SSSR count). The van der Waals surface area contributed by atoms with Gasteiger partial charge in [-0.2, -0.15) is 0 Å². The number of nitrogens with one attached hydrogen (secondary N) is 2. The van der Waals surface area contributed by atoms with Crippen LogP contribution in [0.25, 0.3) is 0 Å². The number of amides is 4. The summed E-state index contributed by atoms with van der Waals surface area (Å²) >= 11 is 0. The van der Waals surface area contributed by atoms with Crippen LogP contribution in [0.1, 0.15) is 0 Å². The van der Waals surface area contributed by atoms with E-state index in [2.05, 4.69) is 4.99 Å². The van der Waals surface area contributed by atoms with Crippen LogP contribution >= 0.6 is 0 Å². The Hall–Kier alpha value is -1.80. The number of aliphatic imine (C=N–C) groups is 1. The average molecular weight is 243 g/mol. The number of hydrogen-bond donors (Lipinski definition) is 2. The second-order valence-electron chi connectivity index (χ2n) is 3.20. The largest absolute Gasteiger partial charge is 0.354 e. The zero-order valence-corrected chi connectivity index (χ0v) is 9.43. The molecule has 4 amide bonds. The molecule has 0 bridgehead atoms. The van der Waals surface area contributed by atoms with Gasteiger partial charge in [-0.15, -0.1) is 0 Å². The van der Waals surface area contributed by atoms with E-state index in [9.17, 15) is 14.4 Å². The minimum Gasteiger partial charge on any atom is -0.354 e. The number of hydrogen-bond acceptors (Lipinski definition) is 6. The van der Waals surface area contributed by atoms with Gasteiger partial charge in [0.05, 0.1) is 6.54 Å². The molecule has 1 fully saturated rings. The maximum atomic E-state index is 11.3. The molecular formula is C9H13N3O5. The molecule has 17 heavy (non-hydrogen) atoms. The summed E-state index contributed by atoms with van der Waals surface area (Å²) in [5.74, 6) is -2.51. The van der Waals surface area contributed by atoms with E-state index in [1.165, 1.54) is 14.2 Å². The molecule has 0 atom stereocenters. The first kappa shape index (κ1) is 13.3. The minimum atomic E-state index is -1.11. The number of methoxy groups -OCH3 is 2. The summed E-state index contributed by atoms with van der Waals surface area (Å²) in [6, 6.07) is -0.823. The highest BCUT2D eigenvalue weighted by Crippen LogP contribution is 2.00. The standard InChI is InChI=1S/C9H13N3O5/c1-16-6(17-2)4-10-3-5-7(13)11-9(15)12-8(5)14/h3,5-6H,4H2,1-2H3,(H2,11,12,13,14,15). The highest BCUT2D eigenvalue weighted by atomic mass is 16.7. The van der Waals surface area contributed by atoms with Gasteiger partial charge in [0, 0.05) is 20.4 Å². The molecule has 0 saturated carbocycles. The fourth-order valence-corrected chi connectivity index (χ4v) is 1.16. The molecule has 94 valence electrons. The number of ether oxygens (including phenoxy) is 2. The number of urea groups is 1. The molecule has 1 aliphatic heterocycles. The van der Waals surface area contributed by atoms with Gasteiger partial charge in [0.25, 0.3) is 0 Å². The van der Waals surface area contributed by atoms with E-state index in [1.54, 1.807) is 0 Å². The van der Waals surface area contributed by atoms with Gasteiger partial charge in [0.15, 0.2) is 12.2 Å². The molecule has 8 heteroatoms. The third-order valence-corrected chi connectivity index (χ3v) is 2.07. The molecule has 0 aliphatic carbocycles. The monoisotopic (exact) mass is 243 g/mol. The van der Waals surface area contributed by atoms with E-state index in [1.807, 2.05) is 10.6 Å². The highest BCUT2D eigenvalue weighted by Gasteiger charge is 2.32. The van der Waals surface area contributed by atoms with Crippen molar-refractivity contribution in [3.05, 3.63) is 0 Å². The van der Waals surface area contributed by atoms with Gasteiger partial charge in [-0.25, -0.2) is 4.79 Å². The van der Waals surface area contributed by atoms with Crippen molar-refractivity contribution in [2.45, 2.75) is 6.29 Å². The van der Waals surface area contributed by atoms with Crippen molar-refractivity contribution in [1.82, 2.24) is 10.6 Å². The lowest BCUT2D eigenvalue weighted by Gasteiger charge is -2.17. The highest BCUT2D eigenvalue weighted by molar-refractivity contribution is 6.23. The van der Waals surface area contributed by atoms with Gasteiger partial charge >= 0.3 is 6.03 Å². The second-order valence-corrected chi connectivity index (χ2v) is 3.20. The Morgan fingerprint density at radius 3 is 2.24 bits per heavy atom. The Kier molecular flexibility index (Phi) is 4.73. The Morgan fingerprint density at radius 1 is 1.24 bits per heavy atom. The first-order valence-corrected chi connectivity index (χ1v) is 4.79. The van der Waals surface area contributed by atoms with Crippen LogP contribution in [-0.2, 0) is 19.1 Å². The Bertz CT molecular complexity index is 331. The minimum absolute atomic E-state index is 0.151. The summed E-state index contributed by atoms with van der Waals surface area (Å²) in [4.78, 5) is 37.2. The number of nitrogens with zero attached hydrogens (tertiary/aromatic N) is 1. The van der Waals surface area contributed by atoms with Gasteiger partial charge in [-0.3, -0.25) is 25.2 Å². The summed E-state index contributed by atoms with van der Waals surface area (Å²) in [7, 11) is 2.89. The van der Waals surface area contributed by atoms with Gasteiger partial charge in [0.1, 0.15) is 0 Å². The lowest BCUT2D eigenvalue weighted by molar-refractivity contribution is -0.132. The van der Waals surface area contributed by atoms with E-state index in [4.69, 9.17) is 9.47 Å². The third kappa shape index (κ3) is 3.61. The summed E-state index contributed by atoms with van der Waals surface area (Å²) in [5, 5.41) is 3.92. The Balaban J connectivity index is 2.55. The summed E-state index contributed by atoms with van der Waals surface area (Å²) in [6.45, 7) is 0.151. The van der Waals surface area contributed by atoms with E-state index in [-0.39, 0.29) is 6.54 Å². The maximum absolute atomic E-state index is 11.3. The zero-order valence-electron chi connectivity index (χ0n) is 9.43. The van der Waals surface area contributed by atoms with Crippen molar-refractivity contribution < 1.29 is 23.9 Å². The first-order valence-electron chi connectivity index (χ1n) is 4.79. The van der Waals surface area contributed by atoms with Gasteiger partial charge in [-0.1, -0.05) is 0 Å². The molecule has 0 aromatic heterocycles. The molecule has 0 aromatic carbocycles. The van der Waals surface area contributed by atoms with Crippen molar-refractivity contribution in [2.75, 3.05) is 20.8 Å². The molecule has 1 aliphatic rings. The van der Waals surface area contributed by atoms with Crippen molar-refractivity contribution >= 4 is 24.1 Å². The van der Waals surface area contributed by atoms with Crippen LogP contribution in [0.5, 0.6) is 0 Å². The summed E-state index contributed by atoms with van der Waals surface area (Å²) in [6.07, 6.45) is 0.616. The van der Waals surface area contributed by atoms with Crippen LogP contribution in [0.2, 0.25) is 0 Å². The first-order chi connectivity index (χ1) is 8.08. The van der Waals surface area contributed by atoms with Crippen LogP contribution in [0.4, 0.5) is 4.79 Å². The number of carbonyl (C=O) groups is 3. The molecular weight excluding hydrogens is 230 g/mol. The number of rotatable bonds is 5. The van der Waals surface area contributed by atoms with E-state index in [0.717, 1.165) is 6.21 Å². The predicted octanol–water partition coefficient (Wildman–Crippen LogP) is -1.34. The lowest BCUT2D eigenvalue weighted by atomic mass is 10.1. The SMILES string of the molecule is COC(CN=CC1C(=O)NC(=O)NC1=O)OC. The van der Waals surface area contributed by atoms with Gasteiger partial charge in [-0.05, 0) is 0 Å². The molecule has 2 N–H and O–H groups in total. The van der Waals surface area contributed by atoms with Crippen molar-refractivity contribution in [2.24, 2.45) is 10.9 Å². The average Bonchev–Trinajstić information content (AvgIpc) is 2.27. The Morgan fingerprint density at radius 2 is 1.76 bits per heavy atom. The molecule has 0 radical (unpaired) electrons. The number of carbonyl (C=O) groups excluding carboxylic acids is 3. The fourth-order valence-electron chi connectivity index (χ4n) is 1.16. The van der Waals surface area contributed by atoms with Crippen molar-refractivity contribution in [3.63, 3.8) is 0 Å². The molecule has 0 spiro atoms. The van der Waals surface area contributed by atoms with E-state index < -0.39 is 30.1 Å². The molecule has 0 aromatic rings. The van der Waals surface area contributed by atoms with Gasteiger partial charge < -0.3 is 9.47 Å². The Labute approximate surface area is 97.4 Å². The van der Waals surface area contributed by atoms with Crippen molar-refractivity contribution in [3.8, 4) is 0 Å². The summed E-state index contributed by atoms with van der Waals surface area (Å²) < 4.78 is 9.74. The molecule has 0 unspecified atom stereocenters. The molecule has 1 heterocycles.